The van der Waals surface area contributed by atoms with Gasteiger partial charge in [-0.15, -0.1) is 0 Å². The molecular formula is C61H48N6. The van der Waals surface area contributed by atoms with E-state index >= 15 is 0 Å². The Kier molecular flexibility index (Phi) is 10.7. The van der Waals surface area contributed by atoms with Gasteiger partial charge >= 0.3 is 0 Å². The predicted octanol–water partition coefficient (Wildman–Crippen LogP) is 16.2. The molecule has 0 aliphatic rings. The Hall–Kier alpha value is -8.61. The SMILES string of the molecule is CC.CC.c1ccc2c(c1)c1ncccc1n2-c1ccc(-c2cc(-c3ccc(-n4c5ccccc5c5ncccc54)cc3)cc(-c3ccc(-n4c5ccccc5c5ncccc54)cc3)c2)cc1. The summed E-state index contributed by atoms with van der Waals surface area (Å²) in [6.07, 6.45) is 5.62. The molecule has 7 aromatic carbocycles. The maximum Gasteiger partial charge on any atom is 0.0963 e. The summed E-state index contributed by atoms with van der Waals surface area (Å²) >= 11 is 0. The Morgan fingerprint density at radius 3 is 0.791 bits per heavy atom. The number of benzene rings is 7. The second-order valence-electron chi connectivity index (χ2n) is 16.1. The molecule has 0 N–H and O–H groups in total. The summed E-state index contributed by atoms with van der Waals surface area (Å²) in [5, 5.41) is 3.45. The van der Waals surface area contributed by atoms with E-state index in [-0.39, 0.29) is 0 Å². The number of hydrogen-bond acceptors (Lipinski definition) is 3. The summed E-state index contributed by atoms with van der Waals surface area (Å²) in [6.45, 7) is 8.00. The van der Waals surface area contributed by atoms with Gasteiger partial charge in [0.1, 0.15) is 0 Å². The zero-order valence-corrected chi connectivity index (χ0v) is 38.0. The van der Waals surface area contributed by atoms with E-state index in [0.717, 1.165) is 116 Å². The molecule has 0 atom stereocenters. The molecule has 0 saturated carbocycles. The monoisotopic (exact) mass is 864 g/mol. The van der Waals surface area contributed by atoms with Crippen LogP contribution in [0.25, 0.3) is 116 Å². The van der Waals surface area contributed by atoms with Crippen molar-refractivity contribution in [1.29, 1.82) is 0 Å². The van der Waals surface area contributed by atoms with Crippen molar-refractivity contribution in [2.45, 2.75) is 27.7 Å². The third-order valence-electron chi connectivity index (χ3n) is 12.6. The lowest BCUT2D eigenvalue weighted by Crippen LogP contribution is -1.95. The van der Waals surface area contributed by atoms with Gasteiger partial charge in [-0.3, -0.25) is 15.0 Å². The minimum Gasteiger partial charge on any atom is -0.308 e. The third kappa shape index (κ3) is 6.93. The van der Waals surface area contributed by atoms with Gasteiger partial charge in [0.15, 0.2) is 0 Å². The van der Waals surface area contributed by atoms with Crippen molar-refractivity contribution < 1.29 is 0 Å². The summed E-state index contributed by atoms with van der Waals surface area (Å²) in [5.74, 6) is 0. The van der Waals surface area contributed by atoms with Crippen LogP contribution in [0.3, 0.4) is 0 Å². The van der Waals surface area contributed by atoms with Crippen LogP contribution in [0.2, 0.25) is 0 Å². The highest BCUT2D eigenvalue weighted by atomic mass is 15.0. The summed E-state index contributed by atoms with van der Waals surface area (Å²) in [4.78, 5) is 14.3. The standard InChI is InChI=1S/C57H36N6.2C2H6/c1-4-13-49-46(10-1)55-52(16-7-31-58-55)61(49)43-25-19-37(20-26-43)40-34-41(38-21-27-44(28-22-38)62-50-14-5-2-11-47(50)56-53(62)17-8-32-59-56)36-42(35-40)39-23-29-45(30-24-39)63-51-15-6-3-12-48(51)57-54(63)18-9-33-60-57;2*1-2/h1-36H;2*1-2H3. The maximum absolute atomic E-state index is 4.76. The number of pyridine rings is 3. The molecule has 0 fully saturated rings. The first-order valence-corrected chi connectivity index (χ1v) is 23.3. The second-order valence-corrected chi connectivity index (χ2v) is 16.1. The topological polar surface area (TPSA) is 53.5 Å². The second kappa shape index (κ2) is 17.4. The van der Waals surface area contributed by atoms with Crippen molar-refractivity contribution in [3.63, 3.8) is 0 Å². The van der Waals surface area contributed by atoms with Crippen molar-refractivity contribution >= 4 is 65.8 Å². The average molecular weight is 865 g/mol. The van der Waals surface area contributed by atoms with E-state index in [1.165, 1.54) is 0 Å². The highest BCUT2D eigenvalue weighted by Crippen LogP contribution is 2.38. The van der Waals surface area contributed by atoms with E-state index in [1.807, 2.05) is 64.5 Å². The van der Waals surface area contributed by atoms with Crippen LogP contribution in [-0.2, 0) is 0 Å². The molecule has 13 aromatic rings. The molecule has 0 aliphatic carbocycles. The van der Waals surface area contributed by atoms with Crippen molar-refractivity contribution in [3.05, 3.63) is 219 Å². The fourth-order valence-corrected chi connectivity index (χ4v) is 9.72. The van der Waals surface area contributed by atoms with Gasteiger partial charge in [0.25, 0.3) is 0 Å². The van der Waals surface area contributed by atoms with Gasteiger partial charge in [0.2, 0.25) is 0 Å². The average Bonchev–Trinajstić information content (AvgIpc) is 4.06. The van der Waals surface area contributed by atoms with Gasteiger partial charge in [-0.05, 0) is 143 Å². The smallest absolute Gasteiger partial charge is 0.0963 e. The molecule has 0 radical (unpaired) electrons. The molecule has 0 bridgehead atoms. The van der Waals surface area contributed by atoms with Gasteiger partial charge < -0.3 is 13.7 Å². The highest BCUT2D eigenvalue weighted by molar-refractivity contribution is 6.09. The molecule has 6 aromatic heterocycles. The Labute approximate surface area is 389 Å². The minimum absolute atomic E-state index is 1.01. The Morgan fingerprint density at radius 2 is 0.507 bits per heavy atom. The highest BCUT2D eigenvalue weighted by Gasteiger charge is 2.17. The summed E-state index contributed by atoms with van der Waals surface area (Å²) in [5.41, 5.74) is 19.9. The minimum atomic E-state index is 1.01. The molecule has 0 unspecified atom stereocenters. The zero-order valence-electron chi connectivity index (χ0n) is 38.0. The van der Waals surface area contributed by atoms with Gasteiger partial charge in [0.05, 0.1) is 49.7 Å². The van der Waals surface area contributed by atoms with Crippen LogP contribution in [0.15, 0.2) is 219 Å². The van der Waals surface area contributed by atoms with Crippen LogP contribution < -0.4 is 0 Å². The lowest BCUT2D eigenvalue weighted by atomic mass is 9.93. The Bertz CT molecular complexity index is 3310. The number of hydrogen-bond donors (Lipinski definition) is 0. The van der Waals surface area contributed by atoms with Crippen molar-refractivity contribution in [2.24, 2.45) is 0 Å². The normalized spacial score (nSPS) is 11.3. The van der Waals surface area contributed by atoms with Crippen molar-refractivity contribution in [3.8, 4) is 50.4 Å². The van der Waals surface area contributed by atoms with Crippen LogP contribution in [-0.4, -0.2) is 28.7 Å². The van der Waals surface area contributed by atoms with E-state index in [0.29, 0.717) is 0 Å². The van der Waals surface area contributed by atoms with Crippen LogP contribution in [0.1, 0.15) is 27.7 Å². The largest absolute Gasteiger partial charge is 0.308 e. The molecule has 0 amide bonds. The first kappa shape index (κ1) is 41.1. The van der Waals surface area contributed by atoms with Gasteiger partial charge in [0, 0.05) is 51.8 Å². The fraction of sp³-hybridized carbons (Fsp3) is 0.0656. The molecule has 6 nitrogen and oxygen atoms in total. The fourth-order valence-electron chi connectivity index (χ4n) is 9.72. The zero-order chi connectivity index (χ0) is 45.4. The molecule has 322 valence electrons. The van der Waals surface area contributed by atoms with Crippen LogP contribution in [0.4, 0.5) is 0 Å². The number of fused-ring (bicyclic) bond motifs is 9. The molecule has 6 heterocycles. The Morgan fingerprint density at radius 1 is 0.254 bits per heavy atom. The molecule has 0 aliphatic heterocycles. The lowest BCUT2D eigenvalue weighted by molar-refractivity contribution is 1.17. The first-order chi connectivity index (χ1) is 33.2. The number of rotatable bonds is 6. The van der Waals surface area contributed by atoms with E-state index in [9.17, 15) is 0 Å². The molecular weight excluding hydrogens is 817 g/mol. The Balaban J connectivity index is 0.00000121. The molecule has 0 spiro atoms. The summed E-state index contributed by atoms with van der Waals surface area (Å²) in [7, 11) is 0. The van der Waals surface area contributed by atoms with Crippen molar-refractivity contribution in [2.75, 3.05) is 0 Å². The number of para-hydroxylation sites is 3. The van der Waals surface area contributed by atoms with Crippen molar-refractivity contribution in [1.82, 2.24) is 28.7 Å². The van der Waals surface area contributed by atoms with E-state index in [2.05, 4.69) is 196 Å². The van der Waals surface area contributed by atoms with E-state index < -0.39 is 0 Å². The van der Waals surface area contributed by atoms with Gasteiger partial charge in [-0.2, -0.15) is 0 Å². The third-order valence-corrected chi connectivity index (χ3v) is 12.6. The number of nitrogens with zero attached hydrogens (tertiary/aromatic N) is 6. The molecule has 0 saturated heterocycles. The van der Waals surface area contributed by atoms with Crippen LogP contribution in [0, 0.1) is 0 Å². The molecule has 67 heavy (non-hydrogen) atoms. The molecule has 13 rings (SSSR count). The lowest BCUT2D eigenvalue weighted by Gasteiger charge is -2.14. The first-order valence-electron chi connectivity index (χ1n) is 23.3. The van der Waals surface area contributed by atoms with Gasteiger partial charge in [-0.25, -0.2) is 0 Å². The maximum atomic E-state index is 4.76. The quantitative estimate of drug-likeness (QED) is 0.167. The summed E-state index contributed by atoms with van der Waals surface area (Å²) in [6, 6.07) is 71.8. The van der Waals surface area contributed by atoms with Crippen LogP contribution in [0.5, 0.6) is 0 Å². The van der Waals surface area contributed by atoms with Gasteiger partial charge in [-0.1, -0.05) is 119 Å². The predicted molar refractivity (Wildman–Crippen MR) is 282 cm³/mol. The number of aromatic nitrogens is 6. The van der Waals surface area contributed by atoms with E-state index in [4.69, 9.17) is 15.0 Å². The summed E-state index contributed by atoms with van der Waals surface area (Å²) < 4.78 is 6.94. The molecule has 6 heteroatoms. The van der Waals surface area contributed by atoms with Crippen LogP contribution >= 0.6 is 0 Å². The van der Waals surface area contributed by atoms with E-state index in [1.54, 1.807) is 0 Å².